The number of carbonyl (C=O) groups excluding carboxylic acids is 3. The number of nitrogens with zero attached hydrogens (tertiary/aromatic N) is 1. The van der Waals surface area contributed by atoms with Gasteiger partial charge in [-0.2, -0.15) is 0 Å². The predicted molar refractivity (Wildman–Crippen MR) is 169 cm³/mol. The Balaban J connectivity index is 1.42. The summed E-state index contributed by atoms with van der Waals surface area (Å²) in [6.45, 7) is 7.31. The number of benzene rings is 1. The van der Waals surface area contributed by atoms with Crippen molar-refractivity contribution in [3.63, 3.8) is 0 Å². The number of amides is 1. The van der Waals surface area contributed by atoms with Crippen molar-refractivity contribution < 1.29 is 34.8 Å². The monoisotopic (exact) mass is 614 g/mol. The van der Waals surface area contributed by atoms with Gasteiger partial charge in [-0.05, 0) is 79.5 Å². The number of allylic oxidation sites excluding steroid dienone is 8. The molecule has 9 heteroatoms. The first-order valence-corrected chi connectivity index (χ1v) is 16.1. The lowest BCUT2D eigenvalue weighted by Crippen LogP contribution is -2.63. The van der Waals surface area contributed by atoms with E-state index in [1.54, 1.807) is 0 Å². The van der Waals surface area contributed by atoms with Crippen LogP contribution in [-0.2, 0) is 16.0 Å². The smallest absolute Gasteiger partial charge is 0.230 e. The van der Waals surface area contributed by atoms with Crippen LogP contribution in [0.5, 0.6) is 5.75 Å². The molecular weight excluding hydrogens is 572 g/mol. The van der Waals surface area contributed by atoms with Gasteiger partial charge in [0.25, 0.3) is 0 Å². The topological polar surface area (TPSA) is 161 Å². The molecule has 1 amide bonds. The van der Waals surface area contributed by atoms with Crippen LogP contribution in [0.15, 0.2) is 65.5 Å². The lowest BCUT2D eigenvalue weighted by Gasteiger charge is -2.48. The Labute approximate surface area is 263 Å². The second-order valence-electron chi connectivity index (χ2n) is 13.2. The number of ketones is 2. The molecule has 0 bridgehead atoms. The fourth-order valence-electron chi connectivity index (χ4n) is 8.46. The second kappa shape index (κ2) is 11.9. The standard InChI is InChI=1S/C36H42N2O7/c1-3-13-38(14-4-2)18-19-9-10-24(23-8-6-5-7-22(19)23)25-11-12-27(39)30-26(25)16-20-15-21-17-28(40)31(35(37)44)34(43)36(21,45)33(42)29(20)32(30)41/h5-12,20-23,28,31,39-40,42,45H,3-4,13-18H2,1-2H3,(H2,37,44)/t20-,21+,22?,23?,28?,31?,36+/m1/s1. The van der Waals surface area contributed by atoms with E-state index in [4.69, 9.17) is 5.73 Å². The molecule has 6 rings (SSSR count). The van der Waals surface area contributed by atoms with Gasteiger partial charge in [-0.15, -0.1) is 0 Å². The van der Waals surface area contributed by atoms with E-state index >= 15 is 0 Å². The summed E-state index contributed by atoms with van der Waals surface area (Å²) in [4.78, 5) is 41.9. The number of nitrogens with two attached hydrogens (primary N) is 1. The summed E-state index contributed by atoms with van der Waals surface area (Å²) in [5, 5.41) is 44.5. The third-order valence-electron chi connectivity index (χ3n) is 10.5. The molecule has 0 spiro atoms. The van der Waals surface area contributed by atoms with Crippen molar-refractivity contribution >= 4 is 23.0 Å². The van der Waals surface area contributed by atoms with Gasteiger partial charge in [0.2, 0.25) is 5.91 Å². The number of phenolic OH excluding ortho intramolecular Hbond substituents is 1. The largest absolute Gasteiger partial charge is 0.508 e. The zero-order valence-electron chi connectivity index (χ0n) is 25.8. The van der Waals surface area contributed by atoms with E-state index in [0.29, 0.717) is 5.56 Å². The Kier molecular flexibility index (Phi) is 8.22. The summed E-state index contributed by atoms with van der Waals surface area (Å²) < 4.78 is 0. The Bertz CT molecular complexity index is 1590. The Hall–Kier alpha value is -3.79. The van der Waals surface area contributed by atoms with Crippen LogP contribution in [0, 0.1) is 29.6 Å². The minimum atomic E-state index is -2.52. The fraction of sp³-hybridized carbons (Fsp3) is 0.472. The third-order valence-corrected chi connectivity index (χ3v) is 10.5. The SMILES string of the molecule is CCCN(CCC)CC1=CC=C(c2ccc(O)c3c2C[C@H]2C[C@H]4CC(O)C(C(N)=O)C(=O)[C@@]4(O)C(O)=C2C3=O)C2C=CC=CC12. The maximum atomic E-state index is 14.1. The summed E-state index contributed by atoms with van der Waals surface area (Å²) in [7, 11) is 0. The van der Waals surface area contributed by atoms with Gasteiger partial charge in [0.15, 0.2) is 17.2 Å². The summed E-state index contributed by atoms with van der Waals surface area (Å²) in [5.41, 5.74) is 6.61. The molecule has 0 radical (unpaired) electrons. The van der Waals surface area contributed by atoms with E-state index < -0.39 is 52.7 Å². The van der Waals surface area contributed by atoms with E-state index in [9.17, 15) is 34.8 Å². The number of aliphatic hydroxyl groups is 3. The van der Waals surface area contributed by atoms with Gasteiger partial charge in [-0.25, -0.2) is 0 Å². The highest BCUT2D eigenvalue weighted by molar-refractivity contribution is 6.16. The van der Waals surface area contributed by atoms with Crippen molar-refractivity contribution in [3.05, 3.63) is 82.2 Å². The summed E-state index contributed by atoms with van der Waals surface area (Å²) in [5.74, 6) is -6.91. The molecule has 4 unspecified atom stereocenters. The van der Waals surface area contributed by atoms with Crippen molar-refractivity contribution in [3.8, 4) is 5.75 Å². The van der Waals surface area contributed by atoms with Crippen LogP contribution >= 0.6 is 0 Å². The molecule has 0 heterocycles. The van der Waals surface area contributed by atoms with Crippen molar-refractivity contribution in [1.82, 2.24) is 4.90 Å². The van der Waals surface area contributed by atoms with Gasteiger partial charge in [-0.1, -0.05) is 56.4 Å². The third kappa shape index (κ3) is 4.92. The fourth-order valence-corrected chi connectivity index (χ4v) is 8.46. The maximum Gasteiger partial charge on any atom is 0.230 e. The van der Waals surface area contributed by atoms with E-state index in [1.807, 2.05) is 12.1 Å². The van der Waals surface area contributed by atoms with Crippen molar-refractivity contribution in [1.29, 1.82) is 0 Å². The Morgan fingerprint density at radius 3 is 2.38 bits per heavy atom. The molecule has 45 heavy (non-hydrogen) atoms. The minimum absolute atomic E-state index is 0.0301. The van der Waals surface area contributed by atoms with Crippen molar-refractivity contribution in [2.24, 2.45) is 35.3 Å². The van der Waals surface area contributed by atoms with Gasteiger partial charge < -0.3 is 26.2 Å². The number of phenols is 1. The van der Waals surface area contributed by atoms with E-state index in [1.165, 1.54) is 11.6 Å². The molecule has 6 N–H and O–H groups in total. The highest BCUT2D eigenvalue weighted by Crippen LogP contribution is 2.53. The highest BCUT2D eigenvalue weighted by Gasteiger charge is 2.62. The number of primary amides is 1. The minimum Gasteiger partial charge on any atom is -0.508 e. The van der Waals surface area contributed by atoms with Crippen LogP contribution < -0.4 is 5.73 Å². The zero-order chi connectivity index (χ0) is 32.2. The van der Waals surface area contributed by atoms with Crippen LogP contribution in [0.25, 0.3) is 5.57 Å². The van der Waals surface area contributed by atoms with Crippen molar-refractivity contribution in [2.45, 2.75) is 57.7 Å². The quantitative estimate of drug-likeness (QED) is 0.278. The lowest BCUT2D eigenvalue weighted by molar-refractivity contribution is -0.167. The number of fused-ring (bicyclic) bond motifs is 4. The van der Waals surface area contributed by atoms with E-state index in [2.05, 4.69) is 49.1 Å². The number of aliphatic hydroxyl groups excluding tert-OH is 2. The van der Waals surface area contributed by atoms with Gasteiger partial charge >= 0.3 is 0 Å². The number of aromatic hydroxyl groups is 1. The average molecular weight is 615 g/mol. The Morgan fingerprint density at radius 2 is 1.71 bits per heavy atom. The van der Waals surface area contributed by atoms with Crippen LogP contribution in [0.4, 0.5) is 0 Å². The van der Waals surface area contributed by atoms with Crippen LogP contribution in [-0.4, -0.2) is 74.1 Å². The first-order chi connectivity index (χ1) is 21.5. The van der Waals surface area contributed by atoms with E-state index in [0.717, 1.165) is 43.6 Å². The molecule has 5 aliphatic carbocycles. The predicted octanol–water partition coefficient (Wildman–Crippen LogP) is 3.55. The first kappa shape index (κ1) is 31.2. The molecule has 9 nitrogen and oxygen atoms in total. The zero-order valence-corrected chi connectivity index (χ0v) is 25.8. The summed E-state index contributed by atoms with van der Waals surface area (Å²) in [6.07, 6.45) is 13.9. The number of hydrogen-bond acceptors (Lipinski definition) is 8. The normalized spacial score (nSPS) is 32.0. The van der Waals surface area contributed by atoms with Crippen LogP contribution in [0.2, 0.25) is 0 Å². The van der Waals surface area contributed by atoms with Crippen molar-refractivity contribution in [2.75, 3.05) is 19.6 Å². The molecule has 1 aromatic rings. The van der Waals surface area contributed by atoms with Gasteiger partial charge in [-0.3, -0.25) is 19.3 Å². The van der Waals surface area contributed by atoms with Gasteiger partial charge in [0.05, 0.1) is 11.7 Å². The molecule has 0 saturated heterocycles. The van der Waals surface area contributed by atoms with E-state index in [-0.39, 0.29) is 48.0 Å². The molecule has 5 aliphatic rings. The van der Waals surface area contributed by atoms with Crippen LogP contribution in [0.3, 0.4) is 0 Å². The molecule has 1 fully saturated rings. The number of rotatable bonds is 8. The molecule has 0 aromatic heterocycles. The Morgan fingerprint density at radius 1 is 1.02 bits per heavy atom. The maximum absolute atomic E-state index is 14.1. The number of Topliss-reactive ketones (excluding diaryl/α,β-unsaturated/α-hetero) is 2. The van der Waals surface area contributed by atoms with Crippen LogP contribution in [0.1, 0.15) is 61.0 Å². The first-order valence-electron chi connectivity index (χ1n) is 16.1. The number of carbonyl (C=O) groups is 3. The molecule has 238 valence electrons. The van der Waals surface area contributed by atoms with Gasteiger partial charge in [0.1, 0.15) is 17.4 Å². The summed E-state index contributed by atoms with van der Waals surface area (Å²) >= 11 is 0. The summed E-state index contributed by atoms with van der Waals surface area (Å²) in [6, 6.07) is 3.33. The lowest BCUT2D eigenvalue weighted by atomic mass is 9.57. The molecule has 0 aliphatic heterocycles. The highest BCUT2D eigenvalue weighted by atomic mass is 16.3. The molecule has 1 saturated carbocycles. The molecule has 7 atom stereocenters. The second-order valence-corrected chi connectivity index (χ2v) is 13.2. The van der Waals surface area contributed by atoms with Gasteiger partial charge in [0, 0.05) is 29.9 Å². The molecule has 1 aromatic carbocycles. The molecular formula is C36H42N2O7. The average Bonchev–Trinajstić information content (AvgIpc) is 2.99. The number of hydrogen-bond donors (Lipinski definition) is 5.